The van der Waals surface area contributed by atoms with E-state index >= 15 is 0 Å². The number of nitrogens with zero attached hydrogens (tertiary/aromatic N) is 4. The van der Waals surface area contributed by atoms with Gasteiger partial charge in [0.25, 0.3) is 5.91 Å². The van der Waals surface area contributed by atoms with Crippen molar-refractivity contribution in [1.29, 1.82) is 0 Å². The van der Waals surface area contributed by atoms with Gasteiger partial charge in [0.05, 0.1) is 10.4 Å². The van der Waals surface area contributed by atoms with Crippen LogP contribution in [-0.2, 0) is 6.54 Å². The van der Waals surface area contributed by atoms with Gasteiger partial charge in [0.2, 0.25) is 0 Å². The third kappa shape index (κ3) is 3.81. The minimum absolute atomic E-state index is 0.0829. The fraction of sp³-hybridized carbons (Fsp3) is 0.333. The van der Waals surface area contributed by atoms with Crippen LogP contribution in [0, 0.1) is 0 Å². The molecule has 29 heavy (non-hydrogen) atoms. The molecule has 1 saturated heterocycles. The SMILES string of the molecule is CCN1CCN(Cc2ccc(NC(=O)c3cc4c(nc5sccn54)s3)cc2)CC1. The largest absolute Gasteiger partial charge is 0.321 e. The molecule has 0 aliphatic carbocycles. The van der Waals surface area contributed by atoms with Gasteiger partial charge in [-0.1, -0.05) is 19.1 Å². The van der Waals surface area contributed by atoms with E-state index in [1.54, 1.807) is 11.3 Å². The van der Waals surface area contributed by atoms with E-state index in [-0.39, 0.29) is 5.91 Å². The van der Waals surface area contributed by atoms with Gasteiger partial charge in [0.1, 0.15) is 4.83 Å². The van der Waals surface area contributed by atoms with E-state index in [4.69, 9.17) is 0 Å². The molecule has 0 saturated carbocycles. The van der Waals surface area contributed by atoms with E-state index in [0.29, 0.717) is 4.88 Å². The lowest BCUT2D eigenvalue weighted by atomic mass is 10.1. The molecular weight excluding hydrogens is 402 g/mol. The minimum atomic E-state index is -0.0829. The summed E-state index contributed by atoms with van der Waals surface area (Å²) in [6.45, 7) is 8.84. The Labute approximate surface area is 177 Å². The van der Waals surface area contributed by atoms with Crippen LogP contribution in [0.5, 0.6) is 0 Å². The fourth-order valence-electron chi connectivity index (χ4n) is 3.77. The van der Waals surface area contributed by atoms with Gasteiger partial charge in [0, 0.05) is 50.0 Å². The summed E-state index contributed by atoms with van der Waals surface area (Å²) in [6.07, 6.45) is 1.99. The lowest BCUT2D eigenvalue weighted by Crippen LogP contribution is -2.45. The van der Waals surface area contributed by atoms with Crippen LogP contribution in [0.3, 0.4) is 0 Å². The predicted octanol–water partition coefficient (Wildman–Crippen LogP) is 4.00. The number of anilines is 1. The number of hydrogen-bond donors (Lipinski definition) is 1. The first-order valence-corrected chi connectivity index (χ1v) is 11.6. The maximum absolute atomic E-state index is 12.7. The van der Waals surface area contributed by atoms with E-state index in [2.05, 4.69) is 39.2 Å². The first kappa shape index (κ1) is 18.7. The van der Waals surface area contributed by atoms with Gasteiger partial charge < -0.3 is 10.2 Å². The molecule has 0 bridgehead atoms. The van der Waals surface area contributed by atoms with Gasteiger partial charge in [0.15, 0.2) is 4.96 Å². The number of imidazole rings is 1. The molecule has 5 rings (SSSR count). The smallest absolute Gasteiger partial charge is 0.265 e. The monoisotopic (exact) mass is 425 g/mol. The lowest BCUT2D eigenvalue weighted by molar-refractivity contribution is 0.103. The molecular formula is C21H23N5OS2. The summed E-state index contributed by atoms with van der Waals surface area (Å²) in [5.74, 6) is -0.0829. The molecule has 8 heteroatoms. The highest BCUT2D eigenvalue weighted by Gasteiger charge is 2.17. The van der Waals surface area contributed by atoms with E-state index in [0.717, 1.165) is 60.3 Å². The maximum atomic E-state index is 12.7. The molecule has 1 N–H and O–H groups in total. The van der Waals surface area contributed by atoms with E-state index in [1.165, 1.54) is 16.9 Å². The minimum Gasteiger partial charge on any atom is -0.321 e. The van der Waals surface area contributed by atoms with Gasteiger partial charge >= 0.3 is 0 Å². The second-order valence-electron chi connectivity index (χ2n) is 7.33. The van der Waals surface area contributed by atoms with Crippen LogP contribution in [0.15, 0.2) is 41.9 Å². The van der Waals surface area contributed by atoms with Crippen LogP contribution in [0.25, 0.3) is 15.3 Å². The number of thiazole rings is 1. The number of piperazine rings is 1. The summed E-state index contributed by atoms with van der Waals surface area (Å²) in [7, 11) is 0. The van der Waals surface area contributed by atoms with Crippen molar-refractivity contribution in [3.63, 3.8) is 0 Å². The molecule has 1 amide bonds. The average Bonchev–Trinajstić information content (AvgIpc) is 3.42. The Morgan fingerprint density at radius 2 is 1.90 bits per heavy atom. The zero-order valence-corrected chi connectivity index (χ0v) is 17.9. The highest BCUT2D eigenvalue weighted by Crippen LogP contribution is 2.28. The summed E-state index contributed by atoms with van der Waals surface area (Å²) in [4.78, 5) is 24.8. The summed E-state index contributed by atoms with van der Waals surface area (Å²) < 4.78 is 2.03. The molecule has 3 aromatic heterocycles. The summed E-state index contributed by atoms with van der Waals surface area (Å²) in [5.41, 5.74) is 3.10. The van der Waals surface area contributed by atoms with Gasteiger partial charge in [-0.15, -0.1) is 22.7 Å². The Hall–Kier alpha value is -2.26. The average molecular weight is 426 g/mol. The summed E-state index contributed by atoms with van der Waals surface area (Å²) in [6, 6.07) is 10.1. The number of likely N-dealkylation sites (N-methyl/N-ethyl adjacent to an activating group) is 1. The third-order valence-electron chi connectivity index (χ3n) is 5.49. The maximum Gasteiger partial charge on any atom is 0.265 e. The Kier molecular flexibility index (Phi) is 5.09. The van der Waals surface area contributed by atoms with Gasteiger partial charge in [-0.3, -0.25) is 14.1 Å². The predicted molar refractivity (Wildman–Crippen MR) is 120 cm³/mol. The molecule has 1 aliphatic heterocycles. The van der Waals surface area contributed by atoms with Crippen LogP contribution in [0.4, 0.5) is 5.69 Å². The Morgan fingerprint density at radius 3 is 2.66 bits per heavy atom. The van der Waals surface area contributed by atoms with Crippen LogP contribution in [0.1, 0.15) is 22.2 Å². The Bertz CT molecular complexity index is 1140. The summed E-state index contributed by atoms with van der Waals surface area (Å²) >= 11 is 3.04. The zero-order valence-electron chi connectivity index (χ0n) is 16.3. The second kappa shape index (κ2) is 7.87. The number of thiophene rings is 1. The van der Waals surface area contributed by atoms with Crippen molar-refractivity contribution < 1.29 is 4.79 Å². The van der Waals surface area contributed by atoms with Crippen LogP contribution in [-0.4, -0.2) is 57.8 Å². The highest BCUT2D eigenvalue weighted by molar-refractivity contribution is 7.21. The topological polar surface area (TPSA) is 52.9 Å². The standard InChI is InChI=1S/C21H23N5OS2/c1-2-24-7-9-25(10-8-24)14-15-3-5-16(6-4-15)22-19(27)18-13-17-20(29-18)23-21-26(17)11-12-28-21/h3-6,11-13H,2,7-10,14H2,1H3,(H,22,27). The number of nitrogens with one attached hydrogen (secondary N) is 1. The number of carbonyl (C=O) groups excluding carboxylic acids is 1. The van der Waals surface area contributed by atoms with Crippen LogP contribution < -0.4 is 5.32 Å². The molecule has 1 aliphatic rings. The molecule has 1 fully saturated rings. The van der Waals surface area contributed by atoms with Crippen LogP contribution in [0.2, 0.25) is 0 Å². The highest BCUT2D eigenvalue weighted by atomic mass is 32.1. The fourth-order valence-corrected chi connectivity index (χ4v) is 5.46. The normalized spacial score (nSPS) is 16.0. The number of carbonyl (C=O) groups is 1. The van der Waals surface area contributed by atoms with E-state index in [1.807, 2.05) is 34.2 Å². The van der Waals surface area contributed by atoms with Crippen molar-refractivity contribution in [1.82, 2.24) is 19.2 Å². The van der Waals surface area contributed by atoms with Gasteiger partial charge in [-0.25, -0.2) is 4.98 Å². The number of amides is 1. The number of hydrogen-bond acceptors (Lipinski definition) is 6. The molecule has 0 radical (unpaired) electrons. The number of fused-ring (bicyclic) bond motifs is 3. The molecule has 0 spiro atoms. The van der Waals surface area contributed by atoms with Crippen molar-refractivity contribution >= 4 is 49.6 Å². The van der Waals surface area contributed by atoms with Crippen molar-refractivity contribution in [3.05, 3.63) is 52.3 Å². The molecule has 1 aromatic carbocycles. The second-order valence-corrected chi connectivity index (χ2v) is 9.23. The molecule has 4 aromatic rings. The number of rotatable bonds is 5. The molecule has 4 heterocycles. The Morgan fingerprint density at radius 1 is 1.14 bits per heavy atom. The van der Waals surface area contributed by atoms with Gasteiger partial charge in [-0.05, 0) is 30.3 Å². The molecule has 0 unspecified atom stereocenters. The van der Waals surface area contributed by atoms with Crippen molar-refractivity contribution in [2.24, 2.45) is 0 Å². The number of benzene rings is 1. The first-order chi connectivity index (χ1) is 14.2. The molecule has 150 valence electrons. The quantitative estimate of drug-likeness (QED) is 0.525. The van der Waals surface area contributed by atoms with Gasteiger partial charge in [-0.2, -0.15) is 0 Å². The van der Waals surface area contributed by atoms with Crippen LogP contribution >= 0.6 is 22.7 Å². The lowest BCUT2D eigenvalue weighted by Gasteiger charge is -2.34. The third-order valence-corrected chi connectivity index (χ3v) is 7.27. The van der Waals surface area contributed by atoms with E-state index < -0.39 is 0 Å². The number of aromatic nitrogens is 2. The van der Waals surface area contributed by atoms with E-state index in [9.17, 15) is 4.79 Å². The Balaban J connectivity index is 1.22. The van der Waals surface area contributed by atoms with Crippen molar-refractivity contribution in [3.8, 4) is 0 Å². The molecule has 6 nitrogen and oxygen atoms in total. The van der Waals surface area contributed by atoms with Crippen molar-refractivity contribution in [2.45, 2.75) is 13.5 Å². The summed E-state index contributed by atoms with van der Waals surface area (Å²) in [5, 5.41) is 5.02. The zero-order chi connectivity index (χ0) is 19.8. The first-order valence-electron chi connectivity index (χ1n) is 9.89. The molecule has 0 atom stereocenters. The van der Waals surface area contributed by atoms with Crippen molar-refractivity contribution in [2.75, 3.05) is 38.0 Å².